The molecule has 0 radical (unpaired) electrons. The molecule has 3 unspecified atom stereocenters. The van der Waals surface area contributed by atoms with Crippen molar-refractivity contribution in [1.29, 1.82) is 0 Å². The minimum absolute atomic E-state index is 0.169. The largest absolute Gasteiger partial charge is 0.493 e. The molecule has 1 aromatic carbocycles. The Kier molecular flexibility index (Phi) is 6.11. The van der Waals surface area contributed by atoms with Gasteiger partial charge in [-0.1, -0.05) is 31.4 Å². The van der Waals surface area contributed by atoms with Gasteiger partial charge in [0.25, 0.3) is 0 Å². The third kappa shape index (κ3) is 4.28. The van der Waals surface area contributed by atoms with E-state index in [4.69, 9.17) is 9.47 Å². The highest BCUT2D eigenvalue weighted by molar-refractivity contribution is 5.31. The number of benzene rings is 1. The lowest BCUT2D eigenvalue weighted by molar-refractivity contribution is -0.179. The highest BCUT2D eigenvalue weighted by Gasteiger charge is 2.37. The summed E-state index contributed by atoms with van der Waals surface area (Å²) < 4.78 is 11.7. The van der Waals surface area contributed by atoms with Gasteiger partial charge in [-0.05, 0) is 36.5 Å². The zero-order chi connectivity index (χ0) is 16.9. The van der Waals surface area contributed by atoms with Crippen molar-refractivity contribution in [3.8, 4) is 5.75 Å². The third-order valence-electron chi connectivity index (χ3n) is 5.15. The molecule has 134 valence electrons. The number of ether oxygens (including phenoxy) is 2. The van der Waals surface area contributed by atoms with E-state index in [1.165, 1.54) is 32.1 Å². The van der Waals surface area contributed by atoms with E-state index in [9.17, 15) is 15.3 Å². The standard InChI is InChI=1S/C19H28O5/c20-11-16-10-17(21)18(22)19(24-16)14-7-4-8-15(9-14)23-12-13-5-2-1-3-6-13/h4,7-9,13,16-22H,1-3,5-6,10-12H2/t16?,17?,18?,19-/m1/s1. The van der Waals surface area contributed by atoms with Gasteiger partial charge in [0.2, 0.25) is 0 Å². The van der Waals surface area contributed by atoms with Gasteiger partial charge in [-0.25, -0.2) is 0 Å². The van der Waals surface area contributed by atoms with E-state index in [0.29, 0.717) is 5.92 Å². The molecular formula is C19H28O5. The molecular weight excluding hydrogens is 308 g/mol. The van der Waals surface area contributed by atoms with Crippen LogP contribution in [0.15, 0.2) is 24.3 Å². The summed E-state index contributed by atoms with van der Waals surface area (Å²) in [5.41, 5.74) is 0.765. The maximum Gasteiger partial charge on any atom is 0.119 e. The number of hydrogen-bond acceptors (Lipinski definition) is 5. The molecule has 0 spiro atoms. The molecule has 1 heterocycles. The van der Waals surface area contributed by atoms with E-state index < -0.39 is 24.4 Å². The van der Waals surface area contributed by atoms with Crippen LogP contribution in [0, 0.1) is 5.92 Å². The van der Waals surface area contributed by atoms with Crippen LogP contribution < -0.4 is 4.74 Å². The first-order chi connectivity index (χ1) is 11.7. The molecule has 4 atom stereocenters. The normalized spacial score (nSPS) is 31.8. The van der Waals surface area contributed by atoms with E-state index in [1.54, 1.807) is 0 Å². The Morgan fingerprint density at radius 2 is 1.92 bits per heavy atom. The van der Waals surface area contributed by atoms with Crippen molar-refractivity contribution in [3.63, 3.8) is 0 Å². The molecule has 5 nitrogen and oxygen atoms in total. The summed E-state index contributed by atoms with van der Waals surface area (Å²) in [5, 5.41) is 29.5. The Morgan fingerprint density at radius 3 is 2.67 bits per heavy atom. The fourth-order valence-electron chi connectivity index (χ4n) is 3.70. The van der Waals surface area contributed by atoms with Crippen molar-refractivity contribution in [2.24, 2.45) is 5.92 Å². The summed E-state index contributed by atoms with van der Waals surface area (Å²) in [6.07, 6.45) is 3.61. The van der Waals surface area contributed by atoms with Crippen LogP contribution in [-0.4, -0.2) is 46.8 Å². The van der Waals surface area contributed by atoms with E-state index >= 15 is 0 Å². The van der Waals surface area contributed by atoms with Crippen LogP contribution in [0.1, 0.15) is 50.2 Å². The number of aliphatic hydroxyl groups is 3. The van der Waals surface area contributed by atoms with Gasteiger partial charge in [0.1, 0.15) is 18.0 Å². The topological polar surface area (TPSA) is 79.2 Å². The molecule has 24 heavy (non-hydrogen) atoms. The fourth-order valence-corrected chi connectivity index (χ4v) is 3.70. The summed E-state index contributed by atoms with van der Waals surface area (Å²) in [6, 6.07) is 7.50. The van der Waals surface area contributed by atoms with Gasteiger partial charge in [0.15, 0.2) is 0 Å². The maximum atomic E-state index is 10.2. The second-order valence-corrected chi connectivity index (χ2v) is 7.04. The Balaban J connectivity index is 1.65. The van der Waals surface area contributed by atoms with Crippen LogP contribution in [-0.2, 0) is 4.74 Å². The predicted octanol–water partition coefficient (Wildman–Crippen LogP) is 2.19. The minimum Gasteiger partial charge on any atom is -0.493 e. The summed E-state index contributed by atoms with van der Waals surface area (Å²) in [5.74, 6) is 1.38. The van der Waals surface area contributed by atoms with Crippen molar-refractivity contribution in [2.75, 3.05) is 13.2 Å². The SMILES string of the molecule is OCC1CC(O)C(O)[C@@H](c2cccc(OCC3CCCCC3)c2)O1. The second kappa shape index (κ2) is 8.30. The lowest BCUT2D eigenvalue weighted by Crippen LogP contribution is -2.44. The first-order valence-corrected chi connectivity index (χ1v) is 9.02. The molecule has 1 aliphatic carbocycles. The molecule has 3 rings (SSSR count). The first kappa shape index (κ1) is 17.7. The van der Waals surface area contributed by atoms with Gasteiger partial charge >= 0.3 is 0 Å². The van der Waals surface area contributed by atoms with Crippen molar-refractivity contribution >= 4 is 0 Å². The molecule has 1 aromatic rings. The average Bonchev–Trinajstić information content (AvgIpc) is 2.63. The van der Waals surface area contributed by atoms with E-state index in [0.717, 1.165) is 17.9 Å². The Morgan fingerprint density at radius 1 is 1.12 bits per heavy atom. The van der Waals surface area contributed by atoms with Crippen LogP contribution in [0.4, 0.5) is 0 Å². The van der Waals surface area contributed by atoms with Crippen LogP contribution in [0.2, 0.25) is 0 Å². The van der Waals surface area contributed by atoms with Crippen molar-refractivity contribution in [1.82, 2.24) is 0 Å². The summed E-state index contributed by atoms with van der Waals surface area (Å²) in [6.45, 7) is 0.553. The average molecular weight is 336 g/mol. The highest BCUT2D eigenvalue weighted by atomic mass is 16.5. The van der Waals surface area contributed by atoms with E-state index in [1.807, 2.05) is 24.3 Å². The molecule has 0 aromatic heterocycles. The summed E-state index contributed by atoms with van der Waals surface area (Å²) >= 11 is 0. The monoisotopic (exact) mass is 336 g/mol. The van der Waals surface area contributed by atoms with Crippen molar-refractivity contribution < 1.29 is 24.8 Å². The van der Waals surface area contributed by atoms with Crippen molar-refractivity contribution in [3.05, 3.63) is 29.8 Å². The molecule has 5 heteroatoms. The zero-order valence-electron chi connectivity index (χ0n) is 14.0. The van der Waals surface area contributed by atoms with Gasteiger partial charge in [-0.15, -0.1) is 0 Å². The lowest BCUT2D eigenvalue weighted by atomic mass is 9.90. The van der Waals surface area contributed by atoms with Crippen molar-refractivity contribution in [2.45, 2.75) is 62.9 Å². The molecule has 2 aliphatic rings. The van der Waals surface area contributed by atoms with Gasteiger partial charge in [-0.2, -0.15) is 0 Å². The summed E-state index contributed by atoms with van der Waals surface area (Å²) in [7, 11) is 0. The van der Waals surface area contributed by atoms with Crippen LogP contribution in [0.5, 0.6) is 5.75 Å². The highest BCUT2D eigenvalue weighted by Crippen LogP contribution is 2.33. The van der Waals surface area contributed by atoms with Gasteiger partial charge in [0.05, 0.1) is 25.4 Å². The van der Waals surface area contributed by atoms with Crippen LogP contribution >= 0.6 is 0 Å². The molecule has 1 aliphatic heterocycles. The summed E-state index contributed by atoms with van der Waals surface area (Å²) in [4.78, 5) is 0. The molecule has 0 amide bonds. The third-order valence-corrected chi connectivity index (χ3v) is 5.15. The number of rotatable bonds is 5. The molecule has 1 saturated heterocycles. The first-order valence-electron chi connectivity index (χ1n) is 9.02. The van der Waals surface area contributed by atoms with E-state index in [-0.39, 0.29) is 13.0 Å². The van der Waals surface area contributed by atoms with Gasteiger partial charge in [0, 0.05) is 6.42 Å². The second-order valence-electron chi connectivity index (χ2n) is 7.04. The number of hydrogen-bond donors (Lipinski definition) is 3. The lowest BCUT2D eigenvalue weighted by Gasteiger charge is -2.36. The fraction of sp³-hybridized carbons (Fsp3) is 0.684. The molecule has 3 N–H and O–H groups in total. The quantitative estimate of drug-likeness (QED) is 0.768. The molecule has 2 fully saturated rings. The zero-order valence-corrected chi connectivity index (χ0v) is 14.0. The smallest absolute Gasteiger partial charge is 0.119 e. The molecule has 0 bridgehead atoms. The van der Waals surface area contributed by atoms with Crippen LogP contribution in [0.3, 0.4) is 0 Å². The maximum absolute atomic E-state index is 10.2. The Bertz CT molecular complexity index is 514. The minimum atomic E-state index is -0.999. The predicted molar refractivity (Wildman–Crippen MR) is 89.8 cm³/mol. The van der Waals surface area contributed by atoms with Gasteiger partial charge in [-0.3, -0.25) is 0 Å². The van der Waals surface area contributed by atoms with Gasteiger partial charge < -0.3 is 24.8 Å². The Hall–Kier alpha value is -1.14. The number of aliphatic hydroxyl groups excluding tert-OH is 3. The Labute approximate surface area is 143 Å². The van der Waals surface area contributed by atoms with E-state index in [2.05, 4.69) is 0 Å². The molecule has 1 saturated carbocycles. The van der Waals surface area contributed by atoms with Crippen LogP contribution in [0.25, 0.3) is 0 Å².